The van der Waals surface area contributed by atoms with E-state index in [1.165, 1.54) is 4.90 Å². The van der Waals surface area contributed by atoms with Gasteiger partial charge in [-0.2, -0.15) is 0 Å². The molecule has 5 atom stereocenters. The van der Waals surface area contributed by atoms with Gasteiger partial charge in [0, 0.05) is 69.1 Å². The molecule has 68 heavy (non-hydrogen) atoms. The summed E-state index contributed by atoms with van der Waals surface area (Å²) in [4.78, 5) is 63.0. The maximum atomic E-state index is 14.2. The summed E-state index contributed by atoms with van der Waals surface area (Å²) in [6, 6.07) is 16.5. The van der Waals surface area contributed by atoms with Gasteiger partial charge in [0.25, 0.3) is 0 Å². The normalized spacial score (nSPS) is 23.1. The maximum Gasteiger partial charge on any atom is 0.246 e. The molecule has 1 aliphatic carbocycles. The Morgan fingerprint density at radius 1 is 0.926 bits per heavy atom. The Bertz CT molecular complexity index is 2580. The fourth-order valence-corrected chi connectivity index (χ4v) is 11.5. The molecule has 5 N–H and O–H groups in total. The number of aliphatic hydroxyl groups is 1. The fraction of sp³-hybridized carbons (Fsp3) is 0.490. The van der Waals surface area contributed by atoms with E-state index in [-0.39, 0.29) is 55.2 Å². The maximum absolute atomic E-state index is 14.2. The summed E-state index contributed by atoms with van der Waals surface area (Å²) in [7, 11) is 1.65. The minimum Gasteiger partial charge on any atom is -0.496 e. The first kappa shape index (κ1) is 46.9. The third-order valence-corrected chi connectivity index (χ3v) is 15.4. The summed E-state index contributed by atoms with van der Waals surface area (Å²) < 4.78 is 5.59. The average molecular weight is 942 g/mol. The fourth-order valence-electron chi connectivity index (χ4n) is 10.7. The number of nitrogens with two attached hydrogens (primary N) is 1. The number of carbonyl (C=O) groups excluding carboxylic acids is 3. The number of para-hydroxylation sites is 1. The molecule has 4 fully saturated rings. The molecule has 3 aliphatic heterocycles. The minimum atomic E-state index is -0.869. The van der Waals surface area contributed by atoms with Crippen molar-refractivity contribution in [1.82, 2.24) is 40.7 Å². The first-order valence-electron chi connectivity index (χ1n) is 23.9. The first-order chi connectivity index (χ1) is 32.7. The van der Waals surface area contributed by atoms with Crippen LogP contribution < -0.4 is 30.9 Å². The van der Waals surface area contributed by atoms with Crippen molar-refractivity contribution in [2.75, 3.05) is 42.3 Å². The highest BCUT2D eigenvalue weighted by atomic mass is 32.1. The number of rotatable bonds is 13. The van der Waals surface area contributed by atoms with Gasteiger partial charge >= 0.3 is 0 Å². The van der Waals surface area contributed by atoms with E-state index >= 15 is 0 Å². The third kappa shape index (κ3) is 10.00. The molecule has 6 heterocycles. The Morgan fingerprint density at radius 2 is 1.63 bits per heavy atom. The zero-order chi connectivity index (χ0) is 47.7. The first-order valence-corrected chi connectivity index (χ1v) is 24.8. The molecule has 9 rings (SSSR count). The largest absolute Gasteiger partial charge is 0.496 e. The Kier molecular flexibility index (Phi) is 13.7. The van der Waals surface area contributed by atoms with Crippen LogP contribution in [0.2, 0.25) is 0 Å². The zero-order valence-electron chi connectivity index (χ0n) is 39.6. The minimum absolute atomic E-state index is 0.0292. The van der Waals surface area contributed by atoms with Crippen molar-refractivity contribution in [3.05, 3.63) is 89.3 Å². The van der Waals surface area contributed by atoms with Crippen molar-refractivity contribution < 1.29 is 24.2 Å². The lowest BCUT2D eigenvalue weighted by Crippen LogP contribution is -2.57. The van der Waals surface area contributed by atoms with Gasteiger partial charge in [0.2, 0.25) is 23.7 Å². The van der Waals surface area contributed by atoms with Gasteiger partial charge in [-0.3, -0.25) is 14.4 Å². The van der Waals surface area contributed by atoms with Crippen LogP contribution in [0.15, 0.2) is 72.5 Å². The number of aliphatic hydroxyl groups excluding tert-OH is 1. The second-order valence-electron chi connectivity index (χ2n) is 20.1. The second-order valence-corrected chi connectivity index (χ2v) is 20.9. The quantitative estimate of drug-likeness (QED) is 0.103. The van der Waals surface area contributed by atoms with Crippen molar-refractivity contribution in [2.24, 2.45) is 11.3 Å². The monoisotopic (exact) mass is 941 g/mol. The Morgan fingerprint density at radius 3 is 2.29 bits per heavy atom. The number of nitrogens with one attached hydrogen (secondary N) is 2. The smallest absolute Gasteiger partial charge is 0.246 e. The number of β-amino-alcohol motifs (C(OH)–C–C–N with tert-alkyl or cyclic N) is 1. The van der Waals surface area contributed by atoms with Crippen molar-refractivity contribution in [1.29, 1.82) is 0 Å². The summed E-state index contributed by atoms with van der Waals surface area (Å²) in [5.74, 6) is 1.51. The van der Waals surface area contributed by atoms with Gasteiger partial charge in [0.1, 0.15) is 17.8 Å². The van der Waals surface area contributed by atoms with E-state index in [0.717, 1.165) is 102 Å². The number of methoxy groups -OCH3 is 1. The average Bonchev–Trinajstić information content (AvgIpc) is 4.03. The van der Waals surface area contributed by atoms with Crippen LogP contribution in [0.1, 0.15) is 94.9 Å². The number of aromatic nitrogens is 5. The second kappa shape index (κ2) is 19.8. The number of thiazole rings is 1. The number of nitrogen functional groups attached to an aromatic ring is 1. The molecule has 3 aromatic heterocycles. The number of carbonyl (C=O) groups is 3. The zero-order valence-corrected chi connectivity index (χ0v) is 40.4. The Hall–Kier alpha value is -6.20. The molecular formula is C51H63N11O5S. The van der Waals surface area contributed by atoms with Gasteiger partial charge in [-0.25, -0.2) is 15.0 Å². The van der Waals surface area contributed by atoms with Gasteiger partial charge in [-0.15, -0.1) is 21.5 Å². The molecule has 16 nitrogen and oxygen atoms in total. The van der Waals surface area contributed by atoms with E-state index in [2.05, 4.69) is 35.6 Å². The van der Waals surface area contributed by atoms with Crippen LogP contribution in [0.3, 0.4) is 0 Å². The number of aryl methyl sites for hydroxylation is 1. The Labute approximate surface area is 402 Å². The number of piperazine rings is 1. The number of fused-ring (bicyclic) bond motifs is 2. The number of benzene rings is 2. The molecule has 1 saturated carbocycles. The number of ether oxygens (including phenoxy) is 1. The standard InChI is InChI=1S/C51H63N11O5S/c1-30-45(68-29-56-30)34-16-12-32(13-17-34)23-53-48(65)42-21-38(63)28-61(42)49(66)46(51(2,3)4)57-44(64)20-31-10-14-33(15-11-31)35-24-54-50(55-25-35)62-36-18-19-37(62)27-60(26-36)41-22-40(58-59-47(41)52)39-8-6-7-9-43(39)67-5/h6-9,12-13,16-17,22,24-25,29,31,33,36-38,42,46,63H,10-11,14-15,18-21,23,26-28H2,1-5H3,(H2,52,59)(H,53,65)(H,57,64)/t31-,33+,36?,37?,38-,42+,46?/m1/s1. The topological polar surface area (TPSA) is 205 Å². The van der Waals surface area contributed by atoms with Crippen LogP contribution >= 0.6 is 11.3 Å². The summed E-state index contributed by atoms with van der Waals surface area (Å²) in [6.45, 7) is 9.57. The molecule has 3 saturated heterocycles. The Balaban J connectivity index is 0.761. The van der Waals surface area contributed by atoms with E-state index in [4.69, 9.17) is 20.4 Å². The molecule has 2 aromatic carbocycles. The highest BCUT2D eigenvalue weighted by Crippen LogP contribution is 2.40. The number of hydrogen-bond donors (Lipinski definition) is 4. The highest BCUT2D eigenvalue weighted by molar-refractivity contribution is 7.13. The number of nitrogens with zero attached hydrogens (tertiary/aromatic N) is 8. The lowest BCUT2D eigenvalue weighted by atomic mass is 9.78. The van der Waals surface area contributed by atoms with Crippen LogP contribution in [0.4, 0.5) is 17.5 Å². The predicted molar refractivity (Wildman–Crippen MR) is 263 cm³/mol. The molecule has 5 aromatic rings. The number of hydrogen-bond acceptors (Lipinski definition) is 14. The van der Waals surface area contributed by atoms with E-state index in [1.807, 2.05) is 100 Å². The molecule has 4 aliphatic rings. The van der Waals surface area contributed by atoms with Crippen molar-refractivity contribution in [2.45, 2.75) is 122 Å². The lowest BCUT2D eigenvalue weighted by Gasteiger charge is -2.42. The third-order valence-electron chi connectivity index (χ3n) is 14.4. The van der Waals surface area contributed by atoms with Gasteiger partial charge < -0.3 is 40.9 Å². The summed E-state index contributed by atoms with van der Waals surface area (Å²) in [5, 5.41) is 25.5. The summed E-state index contributed by atoms with van der Waals surface area (Å²) in [5.41, 5.74) is 14.2. The molecule has 3 unspecified atom stereocenters. The van der Waals surface area contributed by atoms with Gasteiger partial charge in [0.05, 0.1) is 40.7 Å². The van der Waals surface area contributed by atoms with E-state index < -0.39 is 23.6 Å². The predicted octanol–water partition coefficient (Wildman–Crippen LogP) is 6.29. The van der Waals surface area contributed by atoms with E-state index in [0.29, 0.717) is 23.9 Å². The van der Waals surface area contributed by atoms with E-state index in [9.17, 15) is 19.5 Å². The molecule has 0 spiro atoms. The van der Waals surface area contributed by atoms with Crippen LogP contribution in [0.25, 0.3) is 21.7 Å². The number of amides is 3. The van der Waals surface area contributed by atoms with Crippen molar-refractivity contribution in [3.63, 3.8) is 0 Å². The lowest BCUT2D eigenvalue weighted by molar-refractivity contribution is -0.144. The van der Waals surface area contributed by atoms with Crippen molar-refractivity contribution in [3.8, 4) is 27.4 Å². The summed E-state index contributed by atoms with van der Waals surface area (Å²) >= 11 is 1.59. The van der Waals surface area contributed by atoms with Crippen LogP contribution in [-0.4, -0.2) is 110 Å². The molecule has 3 amide bonds. The van der Waals surface area contributed by atoms with Crippen LogP contribution in [0, 0.1) is 18.3 Å². The van der Waals surface area contributed by atoms with Gasteiger partial charge in [-0.1, -0.05) is 57.2 Å². The molecule has 358 valence electrons. The van der Waals surface area contributed by atoms with Gasteiger partial charge in [-0.05, 0) is 97.6 Å². The SMILES string of the molecule is COc1ccccc1-c1cc(N2CC3CCC(C2)N3c2ncc([C@H]3CC[C@@H](CC(=O)NC(C(=O)N4C[C@H](O)C[C@H]4C(=O)NCc4ccc(-c5scnc5C)cc4)C(C)(C)C)CC3)cn2)c(N)nn1. The van der Waals surface area contributed by atoms with E-state index in [1.54, 1.807) is 18.4 Å². The highest BCUT2D eigenvalue weighted by Gasteiger charge is 2.45. The van der Waals surface area contributed by atoms with Crippen LogP contribution in [-0.2, 0) is 20.9 Å². The number of anilines is 3. The molecule has 17 heteroatoms. The summed E-state index contributed by atoms with van der Waals surface area (Å²) in [6.07, 6.45) is 9.25. The number of likely N-dealkylation sites (tertiary alicyclic amines) is 1. The molecular weight excluding hydrogens is 879 g/mol. The van der Waals surface area contributed by atoms with Gasteiger partial charge in [0.15, 0.2) is 5.82 Å². The molecule has 2 bridgehead atoms. The van der Waals surface area contributed by atoms with Crippen molar-refractivity contribution >= 4 is 46.5 Å². The molecule has 0 radical (unpaired) electrons. The van der Waals surface area contributed by atoms with Crippen LogP contribution in [0.5, 0.6) is 5.75 Å².